The summed E-state index contributed by atoms with van der Waals surface area (Å²) in [5.41, 5.74) is 2.27. The van der Waals surface area contributed by atoms with Gasteiger partial charge in [0.2, 0.25) is 0 Å². The molecule has 1 aliphatic rings. The Labute approximate surface area is 155 Å². The van der Waals surface area contributed by atoms with Crippen molar-refractivity contribution in [1.82, 2.24) is 19.4 Å². The zero-order chi connectivity index (χ0) is 19.0. The molecule has 1 aromatic carbocycles. The minimum atomic E-state index is -0.247. The maximum absolute atomic E-state index is 12.9. The maximum atomic E-state index is 12.9. The van der Waals surface area contributed by atoms with Crippen molar-refractivity contribution >= 4 is 22.8 Å². The highest BCUT2D eigenvalue weighted by Crippen LogP contribution is 2.23. The Hall–Kier alpha value is -3.29. The van der Waals surface area contributed by atoms with Gasteiger partial charge in [-0.05, 0) is 30.7 Å². The molecule has 0 aliphatic carbocycles. The van der Waals surface area contributed by atoms with Crippen LogP contribution >= 0.6 is 0 Å². The van der Waals surface area contributed by atoms with Gasteiger partial charge in [0.1, 0.15) is 17.3 Å². The number of benzene rings is 1. The molecule has 3 heterocycles. The number of hydrogen-bond donors (Lipinski definition) is 2. The lowest BCUT2D eigenvalue weighted by atomic mass is 10.2. The second-order valence-electron chi connectivity index (χ2n) is 6.57. The van der Waals surface area contributed by atoms with Crippen LogP contribution in [-0.4, -0.2) is 50.1 Å². The first-order valence-corrected chi connectivity index (χ1v) is 8.76. The van der Waals surface area contributed by atoms with E-state index in [1.54, 1.807) is 35.4 Å². The van der Waals surface area contributed by atoms with Gasteiger partial charge in [-0.3, -0.25) is 9.59 Å². The first-order chi connectivity index (χ1) is 13.0. The number of phenolic OH excluding ortho intramolecular Hbond substituents is 1. The number of ether oxygens (including phenoxy) is 1. The molecule has 2 N–H and O–H groups in total. The van der Waals surface area contributed by atoms with Crippen molar-refractivity contribution in [2.75, 3.05) is 13.7 Å². The van der Waals surface area contributed by atoms with Crippen LogP contribution in [0.25, 0.3) is 10.9 Å². The zero-order valence-corrected chi connectivity index (χ0v) is 14.9. The number of nitrogens with zero attached hydrogens (tertiary/aromatic N) is 3. The normalized spacial score (nSPS) is 13.6. The summed E-state index contributed by atoms with van der Waals surface area (Å²) in [6.07, 6.45) is 2.64. The number of aromatic amines is 1. The molecule has 140 valence electrons. The quantitative estimate of drug-likeness (QED) is 0.685. The summed E-state index contributed by atoms with van der Waals surface area (Å²) < 4.78 is 6.75. The van der Waals surface area contributed by atoms with E-state index in [1.807, 2.05) is 0 Å². The van der Waals surface area contributed by atoms with E-state index in [0.717, 1.165) is 22.4 Å². The molecule has 1 amide bonds. The third-order valence-corrected chi connectivity index (χ3v) is 4.88. The van der Waals surface area contributed by atoms with Gasteiger partial charge in [0.15, 0.2) is 0 Å². The van der Waals surface area contributed by atoms with E-state index in [-0.39, 0.29) is 17.6 Å². The highest BCUT2D eigenvalue weighted by molar-refractivity contribution is 5.98. The third-order valence-electron chi connectivity index (χ3n) is 4.88. The summed E-state index contributed by atoms with van der Waals surface area (Å²) in [4.78, 5) is 33.5. The average Bonchev–Trinajstić information content (AvgIpc) is 3.28. The van der Waals surface area contributed by atoms with Gasteiger partial charge < -0.3 is 24.3 Å². The second-order valence-corrected chi connectivity index (χ2v) is 6.57. The molecule has 0 atom stereocenters. The second kappa shape index (κ2) is 6.79. The smallest absolute Gasteiger partial charge is 0.305 e. The number of aromatic nitrogens is 3. The topological polar surface area (TPSA) is 100 Å². The molecule has 0 bridgehead atoms. The van der Waals surface area contributed by atoms with Gasteiger partial charge in [-0.1, -0.05) is 0 Å². The first kappa shape index (κ1) is 17.1. The van der Waals surface area contributed by atoms with Crippen LogP contribution in [0.1, 0.15) is 28.4 Å². The predicted molar refractivity (Wildman–Crippen MR) is 97.3 cm³/mol. The van der Waals surface area contributed by atoms with Gasteiger partial charge in [-0.25, -0.2) is 4.98 Å². The standard InChI is InChI=1S/C19H20N4O4/c1-27-18(25)5-2-13-10-20-17-11-22(6-7-23(13)17)19(26)16-9-12-8-14(24)3-4-15(12)21-16/h3-4,8-10,21,24H,2,5-7,11H2,1H3. The van der Waals surface area contributed by atoms with Crippen LogP contribution in [0.5, 0.6) is 5.75 Å². The number of fused-ring (bicyclic) bond motifs is 2. The number of nitrogens with one attached hydrogen (secondary N) is 1. The van der Waals surface area contributed by atoms with E-state index in [4.69, 9.17) is 0 Å². The van der Waals surface area contributed by atoms with Crippen molar-refractivity contribution in [3.8, 4) is 5.75 Å². The van der Waals surface area contributed by atoms with Crippen LogP contribution in [0.15, 0.2) is 30.5 Å². The van der Waals surface area contributed by atoms with E-state index in [9.17, 15) is 14.7 Å². The monoisotopic (exact) mass is 368 g/mol. The van der Waals surface area contributed by atoms with E-state index in [1.165, 1.54) is 7.11 Å². The molecule has 3 aromatic rings. The Bertz CT molecular complexity index is 1020. The number of carbonyl (C=O) groups is 2. The number of imidazole rings is 1. The number of rotatable bonds is 4. The molecule has 27 heavy (non-hydrogen) atoms. The Morgan fingerprint density at radius 2 is 2.15 bits per heavy atom. The molecule has 0 saturated carbocycles. The molecule has 0 radical (unpaired) electrons. The van der Waals surface area contributed by atoms with Crippen molar-refractivity contribution < 1.29 is 19.4 Å². The number of aryl methyl sites for hydroxylation is 1. The summed E-state index contributed by atoms with van der Waals surface area (Å²) in [7, 11) is 1.38. The molecule has 8 nitrogen and oxygen atoms in total. The largest absolute Gasteiger partial charge is 0.508 e. The first-order valence-electron chi connectivity index (χ1n) is 8.76. The zero-order valence-electron chi connectivity index (χ0n) is 14.9. The lowest BCUT2D eigenvalue weighted by Gasteiger charge is -2.28. The molecular formula is C19H20N4O4. The van der Waals surface area contributed by atoms with E-state index in [0.29, 0.717) is 38.2 Å². The summed E-state index contributed by atoms with van der Waals surface area (Å²) in [6.45, 7) is 1.62. The minimum absolute atomic E-state index is 0.101. The van der Waals surface area contributed by atoms with Gasteiger partial charge in [0.25, 0.3) is 5.91 Å². The number of hydrogen-bond acceptors (Lipinski definition) is 5. The van der Waals surface area contributed by atoms with Crippen molar-refractivity contribution in [3.05, 3.63) is 47.7 Å². The van der Waals surface area contributed by atoms with E-state index in [2.05, 4.69) is 19.3 Å². The van der Waals surface area contributed by atoms with Crippen molar-refractivity contribution in [1.29, 1.82) is 0 Å². The Kier molecular flexibility index (Phi) is 4.31. The van der Waals surface area contributed by atoms with Gasteiger partial charge in [-0.15, -0.1) is 0 Å². The molecule has 1 aliphatic heterocycles. The number of carbonyl (C=O) groups excluding carboxylic acids is 2. The van der Waals surface area contributed by atoms with Gasteiger partial charge in [0, 0.05) is 35.9 Å². The van der Waals surface area contributed by atoms with Crippen LogP contribution in [0.4, 0.5) is 0 Å². The Morgan fingerprint density at radius 1 is 1.30 bits per heavy atom. The third kappa shape index (κ3) is 3.25. The highest BCUT2D eigenvalue weighted by atomic mass is 16.5. The summed E-state index contributed by atoms with van der Waals surface area (Å²) in [5.74, 6) is 0.627. The number of methoxy groups -OCH3 is 1. The molecule has 0 saturated heterocycles. The summed E-state index contributed by atoms with van der Waals surface area (Å²) in [6, 6.07) is 6.71. The van der Waals surface area contributed by atoms with Crippen LogP contribution in [0, 0.1) is 0 Å². The molecule has 0 unspecified atom stereocenters. The number of H-pyrrole nitrogens is 1. The van der Waals surface area contributed by atoms with Crippen molar-refractivity contribution in [2.24, 2.45) is 0 Å². The van der Waals surface area contributed by atoms with Gasteiger partial charge >= 0.3 is 5.97 Å². The number of aromatic hydroxyl groups is 1. The average molecular weight is 368 g/mol. The minimum Gasteiger partial charge on any atom is -0.508 e. The Morgan fingerprint density at radius 3 is 2.96 bits per heavy atom. The predicted octanol–water partition coefficient (Wildman–Crippen LogP) is 1.83. The fourth-order valence-corrected chi connectivity index (χ4v) is 3.43. The van der Waals surface area contributed by atoms with Crippen LogP contribution < -0.4 is 0 Å². The number of amides is 1. The summed E-state index contributed by atoms with van der Waals surface area (Å²) in [5, 5.41) is 10.4. The molecule has 0 fully saturated rings. The summed E-state index contributed by atoms with van der Waals surface area (Å²) >= 11 is 0. The maximum Gasteiger partial charge on any atom is 0.305 e. The van der Waals surface area contributed by atoms with Crippen LogP contribution in [0.2, 0.25) is 0 Å². The fourth-order valence-electron chi connectivity index (χ4n) is 3.43. The molecule has 8 heteroatoms. The molecule has 0 spiro atoms. The van der Waals surface area contributed by atoms with Crippen LogP contribution in [-0.2, 0) is 29.0 Å². The van der Waals surface area contributed by atoms with Crippen molar-refractivity contribution in [3.63, 3.8) is 0 Å². The van der Waals surface area contributed by atoms with E-state index >= 15 is 0 Å². The van der Waals surface area contributed by atoms with Crippen LogP contribution in [0.3, 0.4) is 0 Å². The molecule has 2 aromatic heterocycles. The number of esters is 1. The van der Waals surface area contributed by atoms with Gasteiger partial charge in [0.05, 0.1) is 20.1 Å². The number of phenols is 1. The lowest BCUT2D eigenvalue weighted by molar-refractivity contribution is -0.140. The molecular weight excluding hydrogens is 348 g/mol. The van der Waals surface area contributed by atoms with Crippen molar-refractivity contribution in [2.45, 2.75) is 25.9 Å². The molecule has 4 rings (SSSR count). The SMILES string of the molecule is COC(=O)CCc1cnc2n1CCN(C(=O)c1cc3cc(O)ccc3[nH]1)C2. The highest BCUT2D eigenvalue weighted by Gasteiger charge is 2.25. The Balaban J connectivity index is 1.49. The van der Waals surface area contributed by atoms with E-state index < -0.39 is 0 Å². The lowest BCUT2D eigenvalue weighted by Crippen LogP contribution is -2.39. The van der Waals surface area contributed by atoms with Gasteiger partial charge in [-0.2, -0.15) is 0 Å². The fraction of sp³-hybridized carbons (Fsp3) is 0.316.